The van der Waals surface area contributed by atoms with Gasteiger partial charge < -0.3 is 25.3 Å². The summed E-state index contributed by atoms with van der Waals surface area (Å²) < 4.78 is 5.72. The Morgan fingerprint density at radius 1 is 1.02 bits per heavy atom. The number of rotatable bonds is 9. The van der Waals surface area contributed by atoms with Crippen LogP contribution in [0.3, 0.4) is 0 Å². The van der Waals surface area contributed by atoms with Crippen molar-refractivity contribution in [3.05, 3.63) is 68.6 Å². The third-order valence-corrected chi connectivity index (χ3v) is 12.4. The zero-order valence-electron chi connectivity index (χ0n) is 25.0. The van der Waals surface area contributed by atoms with Crippen molar-refractivity contribution in [1.29, 1.82) is 0 Å². The maximum atomic E-state index is 13.9. The first-order valence-electron chi connectivity index (χ1n) is 15.3. The van der Waals surface area contributed by atoms with E-state index in [1.54, 1.807) is 36.0 Å². The summed E-state index contributed by atoms with van der Waals surface area (Å²) in [6.45, 7) is 3.54. The van der Waals surface area contributed by atoms with Gasteiger partial charge in [0.2, 0.25) is 11.8 Å². The number of hydrogen-bond acceptors (Lipinski definition) is 9. The van der Waals surface area contributed by atoms with E-state index in [4.69, 9.17) is 4.74 Å². The van der Waals surface area contributed by atoms with Gasteiger partial charge in [-0.1, -0.05) is 37.3 Å². The zero-order valence-corrected chi connectivity index (χ0v) is 26.7. The molecule has 11 nitrogen and oxygen atoms in total. The van der Waals surface area contributed by atoms with Crippen molar-refractivity contribution >= 4 is 52.5 Å². The van der Waals surface area contributed by atoms with Gasteiger partial charge in [-0.2, -0.15) is 0 Å². The number of phenolic OH excluding ortho intramolecular Hbond substituents is 1. The molecule has 13 heteroatoms. The minimum absolute atomic E-state index is 0.00482. The largest absolute Gasteiger partial charge is 0.508 e. The van der Waals surface area contributed by atoms with Crippen molar-refractivity contribution in [2.75, 3.05) is 11.9 Å². The van der Waals surface area contributed by atoms with Crippen LogP contribution in [-0.4, -0.2) is 61.7 Å². The van der Waals surface area contributed by atoms with Gasteiger partial charge in [0.05, 0.1) is 16.9 Å². The van der Waals surface area contributed by atoms with E-state index in [0.29, 0.717) is 17.9 Å². The van der Waals surface area contributed by atoms with Crippen LogP contribution in [0.4, 0.5) is 5.69 Å². The average Bonchev–Trinajstić information content (AvgIpc) is 3.75. The van der Waals surface area contributed by atoms with Crippen molar-refractivity contribution < 1.29 is 34.1 Å². The minimum Gasteiger partial charge on any atom is -0.508 e. The molecular weight excluding hydrogens is 631 g/mol. The summed E-state index contributed by atoms with van der Waals surface area (Å²) in [6, 6.07) is 12.3. The summed E-state index contributed by atoms with van der Waals surface area (Å²) in [7, 11) is 0. The van der Waals surface area contributed by atoms with Crippen molar-refractivity contribution in [2.24, 2.45) is 35.5 Å². The van der Waals surface area contributed by atoms with E-state index in [1.165, 1.54) is 12.1 Å². The molecule has 4 N–H and O–H groups in total. The number of anilines is 1. The standard InChI is InChI=1S/C33H33N3O8S2/c1-14(2)11-21(32(41)42)36-30(39)25-19-12-20(26(25)31(36)40)27-24(19)23(28-29(45-27)35-33(43)46-28)15-3-9-18(10-4-15)44-13-22(38)34-16-5-7-17(37)8-6-16/h3-10,14,19-21,23-27,37H,11-13H2,1-2H3,(H,34,38)(H,35,43)(H,41,42)/t19?,20?,21?,23-,24?,25?,26?,27?/m1/s1. The van der Waals surface area contributed by atoms with Crippen LogP contribution in [0.25, 0.3) is 0 Å². The van der Waals surface area contributed by atoms with Crippen LogP contribution in [0.2, 0.25) is 0 Å². The number of amides is 3. The van der Waals surface area contributed by atoms with Crippen molar-refractivity contribution in [1.82, 2.24) is 9.88 Å². The zero-order chi connectivity index (χ0) is 32.4. The summed E-state index contributed by atoms with van der Waals surface area (Å²) in [4.78, 5) is 69.6. The molecule has 1 aromatic heterocycles. The lowest BCUT2D eigenvalue weighted by atomic mass is 9.68. The van der Waals surface area contributed by atoms with E-state index in [9.17, 15) is 34.2 Å². The van der Waals surface area contributed by atoms with Crippen molar-refractivity contribution in [2.45, 2.75) is 48.9 Å². The molecule has 0 spiro atoms. The molecule has 46 heavy (non-hydrogen) atoms. The maximum absolute atomic E-state index is 13.9. The van der Waals surface area contributed by atoms with Gasteiger partial charge in [-0.15, -0.1) is 11.8 Å². The van der Waals surface area contributed by atoms with Crippen LogP contribution < -0.4 is 14.9 Å². The smallest absolute Gasteiger partial charge is 0.326 e. The van der Waals surface area contributed by atoms with Crippen LogP contribution >= 0.6 is 23.1 Å². The molecule has 7 unspecified atom stereocenters. The van der Waals surface area contributed by atoms with E-state index in [-0.39, 0.29) is 76.2 Å². The second kappa shape index (κ2) is 11.6. The van der Waals surface area contributed by atoms with Crippen molar-refractivity contribution in [3.63, 3.8) is 0 Å². The Balaban J connectivity index is 1.13. The number of thioether (sulfide) groups is 1. The van der Waals surface area contributed by atoms with Crippen LogP contribution in [0.5, 0.6) is 11.5 Å². The highest BCUT2D eigenvalue weighted by Crippen LogP contribution is 2.68. The lowest BCUT2D eigenvalue weighted by molar-refractivity contribution is -0.156. The van der Waals surface area contributed by atoms with E-state index in [2.05, 4.69) is 10.3 Å². The number of ether oxygens (including phenoxy) is 1. The van der Waals surface area contributed by atoms with Gasteiger partial charge in [0.15, 0.2) is 6.61 Å². The molecular formula is C33H33N3O8S2. The van der Waals surface area contributed by atoms with Crippen LogP contribution in [0.1, 0.15) is 43.0 Å². The third-order valence-electron chi connectivity index (χ3n) is 9.81. The molecule has 7 rings (SSSR count). The fraction of sp³-hybridized carbons (Fsp3) is 0.424. The average molecular weight is 664 g/mol. The molecule has 0 radical (unpaired) electrons. The predicted molar refractivity (Wildman–Crippen MR) is 170 cm³/mol. The number of phenols is 1. The van der Waals surface area contributed by atoms with Gasteiger partial charge in [0.1, 0.15) is 17.5 Å². The highest BCUT2D eigenvalue weighted by atomic mass is 32.2. The first-order valence-corrected chi connectivity index (χ1v) is 17.0. The number of carbonyl (C=O) groups is 4. The molecule has 4 aliphatic rings. The number of aromatic hydroxyl groups is 1. The second-order valence-electron chi connectivity index (χ2n) is 12.9. The Hall–Kier alpha value is -4.10. The first-order chi connectivity index (χ1) is 22.0. The van der Waals surface area contributed by atoms with Gasteiger partial charge in [0.25, 0.3) is 5.91 Å². The third kappa shape index (κ3) is 5.09. The summed E-state index contributed by atoms with van der Waals surface area (Å²) in [5, 5.41) is 22.9. The highest BCUT2D eigenvalue weighted by Gasteiger charge is 2.70. The molecule has 2 saturated carbocycles. The Labute approximate surface area is 272 Å². The molecule has 2 bridgehead atoms. The number of aliphatic carboxylic acids is 1. The molecule has 8 atom stereocenters. The van der Waals surface area contributed by atoms with Gasteiger partial charge in [-0.05, 0) is 78.5 Å². The number of aromatic amines is 1. The number of carboxylic acids is 1. The molecule has 3 fully saturated rings. The SMILES string of the molecule is CC(C)CC(C(=O)O)N1C(=O)C2C3CC(C2C1=O)C1C3Sc2[nH]c(=O)sc2[C@@H]1c1ccc(OCC(=O)Nc2ccc(O)cc2)cc1. The summed E-state index contributed by atoms with van der Waals surface area (Å²) in [5.74, 6) is -3.25. The number of thiazole rings is 1. The monoisotopic (exact) mass is 663 g/mol. The quantitative estimate of drug-likeness (QED) is 0.195. The van der Waals surface area contributed by atoms with Gasteiger partial charge in [-0.3, -0.25) is 24.1 Å². The number of likely N-dealkylation sites (tertiary alicyclic amines) is 1. The van der Waals surface area contributed by atoms with Crippen molar-refractivity contribution in [3.8, 4) is 11.5 Å². The molecule has 1 saturated heterocycles. The number of aromatic nitrogens is 1. The molecule has 2 aliphatic heterocycles. The number of nitrogens with one attached hydrogen (secondary N) is 2. The minimum atomic E-state index is -1.18. The van der Waals surface area contributed by atoms with E-state index in [0.717, 1.165) is 31.7 Å². The number of carbonyl (C=O) groups excluding carboxylic acids is 3. The van der Waals surface area contributed by atoms with E-state index in [1.807, 2.05) is 26.0 Å². The summed E-state index contributed by atoms with van der Waals surface area (Å²) in [6.07, 6.45) is 0.912. The topological polar surface area (TPSA) is 166 Å². The number of H-pyrrole nitrogens is 1. The Morgan fingerprint density at radius 3 is 2.35 bits per heavy atom. The maximum Gasteiger partial charge on any atom is 0.326 e. The lowest BCUT2D eigenvalue weighted by Gasteiger charge is -2.43. The molecule has 2 aromatic carbocycles. The van der Waals surface area contributed by atoms with E-state index < -0.39 is 23.8 Å². The number of imide groups is 1. The molecule has 3 aromatic rings. The fourth-order valence-corrected chi connectivity index (χ4v) is 11.0. The van der Waals surface area contributed by atoms with Crippen LogP contribution in [-0.2, 0) is 19.2 Å². The molecule has 3 heterocycles. The van der Waals surface area contributed by atoms with Gasteiger partial charge in [-0.25, -0.2) is 4.79 Å². The number of carboxylic acid groups (broad SMARTS) is 1. The second-order valence-corrected chi connectivity index (χ2v) is 15.1. The summed E-state index contributed by atoms with van der Waals surface area (Å²) in [5.41, 5.74) is 1.47. The first kappa shape index (κ1) is 30.5. The number of hydrogen-bond donors (Lipinski definition) is 4. The van der Waals surface area contributed by atoms with Gasteiger partial charge >= 0.3 is 10.8 Å². The molecule has 3 amide bonds. The predicted octanol–water partition coefficient (Wildman–Crippen LogP) is 4.13. The number of benzene rings is 2. The van der Waals surface area contributed by atoms with Crippen LogP contribution in [0.15, 0.2) is 58.4 Å². The lowest BCUT2D eigenvalue weighted by Crippen LogP contribution is -2.47. The Morgan fingerprint density at radius 2 is 1.70 bits per heavy atom. The fourth-order valence-electron chi connectivity index (χ4n) is 8.15. The highest BCUT2D eigenvalue weighted by molar-refractivity contribution is 8.00. The molecule has 2 aliphatic carbocycles. The molecule has 240 valence electrons. The number of fused-ring (bicyclic) bond motifs is 9. The normalized spacial score (nSPS) is 28.2. The van der Waals surface area contributed by atoms with Crippen LogP contribution in [0, 0.1) is 35.5 Å². The van der Waals surface area contributed by atoms with E-state index >= 15 is 0 Å². The van der Waals surface area contributed by atoms with Gasteiger partial charge in [0, 0.05) is 21.7 Å². The Kier molecular flexibility index (Phi) is 7.71. The summed E-state index contributed by atoms with van der Waals surface area (Å²) >= 11 is 2.74. The Bertz CT molecular complexity index is 1770. The number of nitrogens with zero attached hydrogens (tertiary/aromatic N) is 1.